The number of benzene rings is 1. The molecule has 0 aliphatic rings. The number of nitrogens with two attached hydrogens (primary N) is 1. The lowest BCUT2D eigenvalue weighted by atomic mass is 9.92. The normalized spacial score (nSPS) is 10.6. The molecular formula is C12H19ClN2O2. The van der Waals surface area contributed by atoms with Crippen LogP contribution in [0.1, 0.15) is 19.4 Å². The molecule has 5 heteroatoms. The first-order chi connectivity index (χ1) is 7.36. The van der Waals surface area contributed by atoms with Gasteiger partial charge in [0.1, 0.15) is 5.75 Å². The second-order valence-corrected chi connectivity index (χ2v) is 4.56. The Bertz CT molecular complexity index is 405. The van der Waals surface area contributed by atoms with Gasteiger partial charge in [0.2, 0.25) is 5.91 Å². The Morgan fingerprint density at radius 1 is 1.47 bits per heavy atom. The maximum absolute atomic E-state index is 11.8. The van der Waals surface area contributed by atoms with Crippen molar-refractivity contribution in [2.75, 3.05) is 11.9 Å². The van der Waals surface area contributed by atoms with Crippen molar-refractivity contribution in [2.24, 2.45) is 11.1 Å². The first-order valence-corrected chi connectivity index (χ1v) is 5.18. The average molecular weight is 259 g/mol. The van der Waals surface area contributed by atoms with Crippen LogP contribution in [0.15, 0.2) is 18.2 Å². The Labute approximate surface area is 108 Å². The van der Waals surface area contributed by atoms with Crippen LogP contribution in [0.2, 0.25) is 0 Å². The van der Waals surface area contributed by atoms with E-state index in [1.165, 1.54) is 0 Å². The highest BCUT2D eigenvalue weighted by Gasteiger charge is 2.26. The van der Waals surface area contributed by atoms with Gasteiger partial charge in [-0.3, -0.25) is 4.79 Å². The molecule has 0 aromatic heterocycles. The molecule has 0 atom stereocenters. The van der Waals surface area contributed by atoms with Crippen molar-refractivity contribution in [3.05, 3.63) is 23.8 Å². The van der Waals surface area contributed by atoms with Crippen molar-refractivity contribution in [1.29, 1.82) is 0 Å². The molecule has 0 bridgehead atoms. The minimum Gasteiger partial charge on any atom is -0.506 e. The van der Waals surface area contributed by atoms with Crippen LogP contribution in [0.5, 0.6) is 5.75 Å². The summed E-state index contributed by atoms with van der Waals surface area (Å²) in [6.07, 6.45) is 0. The number of aryl methyl sites for hydroxylation is 1. The molecule has 1 aromatic carbocycles. The minimum atomic E-state index is -0.643. The molecule has 96 valence electrons. The SMILES string of the molecule is Cc1ccc(O)c(NC(=O)C(C)(C)CN)c1.Cl. The Morgan fingerprint density at radius 2 is 2.06 bits per heavy atom. The Hall–Kier alpha value is -1.26. The van der Waals surface area contributed by atoms with Crippen LogP contribution < -0.4 is 11.1 Å². The fourth-order valence-corrected chi connectivity index (χ4v) is 1.13. The largest absolute Gasteiger partial charge is 0.506 e. The van der Waals surface area contributed by atoms with Gasteiger partial charge in [0.05, 0.1) is 11.1 Å². The van der Waals surface area contributed by atoms with Crippen molar-refractivity contribution in [1.82, 2.24) is 0 Å². The molecule has 0 aliphatic heterocycles. The summed E-state index contributed by atoms with van der Waals surface area (Å²) < 4.78 is 0. The quantitative estimate of drug-likeness (QED) is 0.727. The summed E-state index contributed by atoms with van der Waals surface area (Å²) in [6, 6.07) is 5.05. The van der Waals surface area contributed by atoms with E-state index in [1.54, 1.807) is 32.0 Å². The molecule has 0 fully saturated rings. The molecule has 0 aliphatic carbocycles. The van der Waals surface area contributed by atoms with E-state index < -0.39 is 5.41 Å². The first-order valence-electron chi connectivity index (χ1n) is 5.18. The first kappa shape index (κ1) is 15.7. The zero-order valence-electron chi connectivity index (χ0n) is 10.3. The molecule has 4 nitrogen and oxygen atoms in total. The number of nitrogens with one attached hydrogen (secondary N) is 1. The number of halogens is 1. The van der Waals surface area contributed by atoms with E-state index in [0.717, 1.165) is 5.56 Å². The third-order valence-electron chi connectivity index (χ3n) is 2.53. The maximum atomic E-state index is 11.8. The van der Waals surface area contributed by atoms with Crippen LogP contribution in [0.3, 0.4) is 0 Å². The number of carbonyl (C=O) groups is 1. The second kappa shape index (κ2) is 5.89. The van der Waals surface area contributed by atoms with Crippen molar-refractivity contribution in [3.8, 4) is 5.75 Å². The Morgan fingerprint density at radius 3 is 2.59 bits per heavy atom. The van der Waals surface area contributed by atoms with Gasteiger partial charge in [0.15, 0.2) is 0 Å². The zero-order valence-corrected chi connectivity index (χ0v) is 11.1. The van der Waals surface area contributed by atoms with Crippen LogP contribution in [0, 0.1) is 12.3 Å². The number of phenolic OH excluding ortho intramolecular Hbond substituents is 1. The lowest BCUT2D eigenvalue weighted by Crippen LogP contribution is -2.37. The summed E-state index contributed by atoms with van der Waals surface area (Å²) in [5.74, 6) is -0.136. The lowest BCUT2D eigenvalue weighted by molar-refractivity contribution is -0.123. The number of rotatable bonds is 3. The smallest absolute Gasteiger partial charge is 0.231 e. The standard InChI is InChI=1S/C12H18N2O2.ClH/c1-8-4-5-10(15)9(6-8)14-11(16)12(2,3)7-13;/h4-6,15H,7,13H2,1-3H3,(H,14,16);1H. The summed E-state index contributed by atoms with van der Waals surface area (Å²) in [7, 11) is 0. The van der Waals surface area contributed by atoms with Gasteiger partial charge in [-0.2, -0.15) is 0 Å². The van der Waals surface area contributed by atoms with Crippen molar-refractivity contribution in [2.45, 2.75) is 20.8 Å². The summed E-state index contributed by atoms with van der Waals surface area (Å²) in [5.41, 5.74) is 6.26. The minimum absolute atomic E-state index is 0. The lowest BCUT2D eigenvalue weighted by Gasteiger charge is -2.21. The number of anilines is 1. The highest BCUT2D eigenvalue weighted by molar-refractivity contribution is 5.96. The highest BCUT2D eigenvalue weighted by atomic mass is 35.5. The Balaban J connectivity index is 0.00000256. The zero-order chi connectivity index (χ0) is 12.3. The van der Waals surface area contributed by atoms with E-state index in [0.29, 0.717) is 5.69 Å². The molecule has 0 unspecified atom stereocenters. The van der Waals surface area contributed by atoms with Crippen LogP contribution in [-0.4, -0.2) is 17.6 Å². The molecule has 1 aromatic rings. The predicted molar refractivity (Wildman–Crippen MR) is 71.6 cm³/mol. The fourth-order valence-electron chi connectivity index (χ4n) is 1.13. The number of amides is 1. The molecule has 4 N–H and O–H groups in total. The van der Waals surface area contributed by atoms with Crippen molar-refractivity contribution in [3.63, 3.8) is 0 Å². The topological polar surface area (TPSA) is 75.3 Å². The number of carbonyl (C=O) groups excluding carboxylic acids is 1. The van der Waals surface area contributed by atoms with E-state index in [9.17, 15) is 9.90 Å². The van der Waals surface area contributed by atoms with Crippen molar-refractivity contribution < 1.29 is 9.90 Å². The fraction of sp³-hybridized carbons (Fsp3) is 0.417. The van der Waals surface area contributed by atoms with E-state index in [4.69, 9.17) is 5.73 Å². The number of phenols is 1. The number of hydrogen-bond acceptors (Lipinski definition) is 3. The maximum Gasteiger partial charge on any atom is 0.231 e. The monoisotopic (exact) mass is 258 g/mol. The third-order valence-corrected chi connectivity index (χ3v) is 2.53. The average Bonchev–Trinajstić information content (AvgIpc) is 2.23. The molecule has 0 spiro atoms. The molecule has 1 rings (SSSR count). The number of hydrogen-bond donors (Lipinski definition) is 3. The summed E-state index contributed by atoms with van der Waals surface area (Å²) in [5, 5.41) is 12.2. The molecule has 0 heterocycles. The summed E-state index contributed by atoms with van der Waals surface area (Å²) in [6.45, 7) is 5.67. The third kappa shape index (κ3) is 3.91. The molecular weight excluding hydrogens is 240 g/mol. The highest BCUT2D eigenvalue weighted by Crippen LogP contribution is 2.26. The second-order valence-electron chi connectivity index (χ2n) is 4.56. The van der Waals surface area contributed by atoms with Crippen molar-refractivity contribution >= 4 is 24.0 Å². The summed E-state index contributed by atoms with van der Waals surface area (Å²) in [4.78, 5) is 11.8. The van der Waals surface area contributed by atoms with E-state index in [1.807, 2.05) is 6.92 Å². The van der Waals surface area contributed by atoms with Gasteiger partial charge in [0.25, 0.3) is 0 Å². The van der Waals surface area contributed by atoms with E-state index >= 15 is 0 Å². The van der Waals surface area contributed by atoms with Gasteiger partial charge < -0.3 is 16.2 Å². The molecule has 0 saturated carbocycles. The van der Waals surface area contributed by atoms with Gasteiger partial charge in [-0.25, -0.2) is 0 Å². The van der Waals surface area contributed by atoms with Gasteiger partial charge in [-0.05, 0) is 38.5 Å². The molecule has 0 radical (unpaired) electrons. The molecule has 1 amide bonds. The van der Waals surface area contributed by atoms with Crippen LogP contribution in [0.25, 0.3) is 0 Å². The van der Waals surface area contributed by atoms with Crippen LogP contribution in [-0.2, 0) is 4.79 Å². The van der Waals surface area contributed by atoms with E-state index in [-0.39, 0.29) is 30.6 Å². The van der Waals surface area contributed by atoms with Crippen LogP contribution in [0.4, 0.5) is 5.69 Å². The number of aromatic hydroxyl groups is 1. The molecule has 0 saturated heterocycles. The summed E-state index contributed by atoms with van der Waals surface area (Å²) >= 11 is 0. The van der Waals surface area contributed by atoms with E-state index in [2.05, 4.69) is 5.32 Å². The Kier molecular flexibility index (Phi) is 5.45. The van der Waals surface area contributed by atoms with Gasteiger partial charge >= 0.3 is 0 Å². The van der Waals surface area contributed by atoms with Gasteiger partial charge in [0, 0.05) is 6.54 Å². The molecule has 17 heavy (non-hydrogen) atoms. The van der Waals surface area contributed by atoms with Gasteiger partial charge in [-0.15, -0.1) is 12.4 Å². The van der Waals surface area contributed by atoms with Gasteiger partial charge in [-0.1, -0.05) is 6.07 Å². The predicted octanol–water partition coefficient (Wildman–Crippen LogP) is 2.05. The van der Waals surface area contributed by atoms with Crippen LogP contribution >= 0.6 is 12.4 Å².